The number of nitrogens with one attached hydrogen (secondary N) is 2. The smallest absolute Gasteiger partial charge is 0.243 e. The second-order valence-electron chi connectivity index (χ2n) is 8.62. The minimum atomic E-state index is -4.03. The Labute approximate surface area is 223 Å². The van der Waals surface area contributed by atoms with Crippen LogP contribution in [-0.4, -0.2) is 27.0 Å². The van der Waals surface area contributed by atoms with Gasteiger partial charge in [-0.05, 0) is 73.9 Å². The minimum Gasteiger partial charge on any atom is -0.494 e. The summed E-state index contributed by atoms with van der Waals surface area (Å²) in [6.45, 7) is 4.11. The zero-order valence-electron chi connectivity index (χ0n) is 21.3. The molecule has 4 aromatic rings. The molecule has 1 atom stereocenters. The molecule has 0 heterocycles. The molecule has 2 N–H and O–H groups in total. The van der Waals surface area contributed by atoms with Gasteiger partial charge in [0.15, 0.2) is 5.75 Å². The molecule has 0 radical (unpaired) electrons. The lowest BCUT2D eigenvalue weighted by atomic mass is 10.1. The van der Waals surface area contributed by atoms with Gasteiger partial charge in [-0.2, -0.15) is 4.72 Å². The SMILES string of the molecule is CCOc1ccc(S(=O)(=O)N[C@@H](Cc2ccccc2)C(=O)Nc2ccccc2Oc2ccccc2)cc1C. The van der Waals surface area contributed by atoms with Crippen molar-refractivity contribution in [1.29, 1.82) is 0 Å². The minimum absolute atomic E-state index is 0.0529. The van der Waals surface area contributed by atoms with E-state index in [0.717, 1.165) is 5.56 Å². The highest BCUT2D eigenvalue weighted by molar-refractivity contribution is 7.89. The molecule has 196 valence electrons. The molecular weight excluding hydrogens is 500 g/mol. The summed E-state index contributed by atoms with van der Waals surface area (Å²) in [5.41, 5.74) is 1.92. The van der Waals surface area contributed by atoms with Crippen LogP contribution >= 0.6 is 0 Å². The predicted octanol–water partition coefficient (Wildman–Crippen LogP) is 5.71. The quantitative estimate of drug-likeness (QED) is 0.259. The van der Waals surface area contributed by atoms with E-state index in [4.69, 9.17) is 9.47 Å². The van der Waals surface area contributed by atoms with Crippen molar-refractivity contribution in [2.24, 2.45) is 0 Å². The van der Waals surface area contributed by atoms with E-state index in [1.54, 1.807) is 37.3 Å². The predicted molar refractivity (Wildman–Crippen MR) is 148 cm³/mol. The molecule has 0 aliphatic carbocycles. The Kier molecular flexibility index (Phi) is 8.78. The summed E-state index contributed by atoms with van der Waals surface area (Å²) < 4.78 is 40.8. The van der Waals surface area contributed by atoms with Crippen LogP contribution in [0.25, 0.3) is 0 Å². The molecule has 0 saturated carbocycles. The fraction of sp³-hybridized carbons (Fsp3) is 0.167. The number of hydrogen-bond acceptors (Lipinski definition) is 5. The third-order valence-electron chi connectivity index (χ3n) is 5.77. The van der Waals surface area contributed by atoms with E-state index in [0.29, 0.717) is 35.1 Å². The fourth-order valence-corrected chi connectivity index (χ4v) is 5.17. The number of hydrogen-bond donors (Lipinski definition) is 2. The summed E-state index contributed by atoms with van der Waals surface area (Å²) in [7, 11) is -4.03. The van der Waals surface area contributed by atoms with Crippen LogP contribution in [0.3, 0.4) is 0 Å². The first-order valence-corrected chi connectivity index (χ1v) is 13.8. The van der Waals surface area contributed by atoms with Crippen molar-refractivity contribution in [2.45, 2.75) is 31.2 Å². The van der Waals surface area contributed by atoms with Gasteiger partial charge in [0, 0.05) is 0 Å². The van der Waals surface area contributed by atoms with Crippen molar-refractivity contribution in [3.8, 4) is 17.2 Å². The normalized spacial score (nSPS) is 11.9. The van der Waals surface area contributed by atoms with E-state index >= 15 is 0 Å². The van der Waals surface area contributed by atoms with Crippen molar-refractivity contribution >= 4 is 21.6 Å². The zero-order valence-corrected chi connectivity index (χ0v) is 22.1. The van der Waals surface area contributed by atoms with Gasteiger partial charge in [-0.15, -0.1) is 0 Å². The van der Waals surface area contributed by atoms with Crippen LogP contribution in [-0.2, 0) is 21.2 Å². The molecule has 0 aliphatic rings. The molecule has 0 unspecified atom stereocenters. The first kappa shape index (κ1) is 26.9. The van der Waals surface area contributed by atoms with Gasteiger partial charge in [0.25, 0.3) is 0 Å². The van der Waals surface area contributed by atoms with Crippen molar-refractivity contribution < 1.29 is 22.7 Å². The lowest BCUT2D eigenvalue weighted by Crippen LogP contribution is -2.45. The monoisotopic (exact) mass is 530 g/mol. The van der Waals surface area contributed by atoms with Crippen LogP contribution in [0.15, 0.2) is 108 Å². The van der Waals surface area contributed by atoms with Crippen molar-refractivity contribution in [1.82, 2.24) is 4.72 Å². The van der Waals surface area contributed by atoms with E-state index in [-0.39, 0.29) is 11.3 Å². The molecule has 8 heteroatoms. The molecule has 0 bridgehead atoms. The topological polar surface area (TPSA) is 93.7 Å². The molecule has 7 nitrogen and oxygen atoms in total. The van der Waals surface area contributed by atoms with Gasteiger partial charge in [-0.25, -0.2) is 8.42 Å². The number of carbonyl (C=O) groups is 1. The van der Waals surface area contributed by atoms with Crippen LogP contribution in [0.1, 0.15) is 18.1 Å². The van der Waals surface area contributed by atoms with Gasteiger partial charge in [0.05, 0.1) is 17.2 Å². The summed E-state index contributed by atoms with van der Waals surface area (Å²) in [6.07, 6.45) is 0.156. The van der Waals surface area contributed by atoms with E-state index in [1.807, 2.05) is 67.6 Å². The van der Waals surface area contributed by atoms with Gasteiger partial charge < -0.3 is 14.8 Å². The highest BCUT2D eigenvalue weighted by Gasteiger charge is 2.27. The van der Waals surface area contributed by atoms with Crippen LogP contribution in [0, 0.1) is 6.92 Å². The average Bonchev–Trinajstić information content (AvgIpc) is 2.91. The number of aryl methyl sites for hydroxylation is 1. The number of benzene rings is 4. The van der Waals surface area contributed by atoms with Crippen LogP contribution in [0.5, 0.6) is 17.2 Å². The standard InChI is InChI=1S/C30H30N2O5S/c1-3-36-28-19-18-25(20-22(28)2)38(34,35)32-27(21-23-12-6-4-7-13-23)30(33)31-26-16-10-11-17-29(26)37-24-14-8-5-9-15-24/h4-20,27,32H,3,21H2,1-2H3,(H,31,33)/t27-/m0/s1. The molecule has 0 spiro atoms. The Morgan fingerprint density at radius 2 is 1.50 bits per heavy atom. The van der Waals surface area contributed by atoms with Gasteiger partial charge >= 0.3 is 0 Å². The Morgan fingerprint density at radius 1 is 0.842 bits per heavy atom. The maximum atomic E-state index is 13.5. The van der Waals surface area contributed by atoms with Gasteiger partial charge in [0.2, 0.25) is 15.9 Å². The van der Waals surface area contributed by atoms with E-state index in [2.05, 4.69) is 10.0 Å². The number of amides is 1. The molecule has 0 aromatic heterocycles. The average molecular weight is 531 g/mol. The maximum absolute atomic E-state index is 13.5. The Balaban J connectivity index is 1.60. The lowest BCUT2D eigenvalue weighted by molar-refractivity contribution is -0.117. The number of anilines is 1. The molecule has 0 aliphatic heterocycles. The third kappa shape index (κ3) is 7.00. The van der Waals surface area contributed by atoms with Crippen molar-refractivity contribution in [3.05, 3.63) is 114 Å². The molecule has 1 amide bonds. The summed E-state index contributed by atoms with van der Waals surface area (Å²) in [5.74, 6) is 1.15. The summed E-state index contributed by atoms with van der Waals surface area (Å²) >= 11 is 0. The largest absolute Gasteiger partial charge is 0.494 e. The second kappa shape index (κ2) is 12.4. The Morgan fingerprint density at radius 3 is 2.18 bits per heavy atom. The van der Waals surface area contributed by atoms with Crippen molar-refractivity contribution in [2.75, 3.05) is 11.9 Å². The van der Waals surface area contributed by atoms with E-state index < -0.39 is 22.0 Å². The Hall–Kier alpha value is -4.14. The van der Waals surface area contributed by atoms with E-state index in [9.17, 15) is 13.2 Å². The van der Waals surface area contributed by atoms with Gasteiger partial charge in [-0.3, -0.25) is 4.79 Å². The number of rotatable bonds is 11. The Bertz CT molecular complexity index is 1480. The van der Waals surface area contributed by atoms with Crippen LogP contribution in [0.2, 0.25) is 0 Å². The first-order chi connectivity index (χ1) is 18.4. The molecule has 0 saturated heterocycles. The zero-order chi connectivity index (χ0) is 27.0. The van der Waals surface area contributed by atoms with Crippen molar-refractivity contribution in [3.63, 3.8) is 0 Å². The second-order valence-corrected chi connectivity index (χ2v) is 10.3. The summed E-state index contributed by atoms with van der Waals surface area (Å²) in [4.78, 5) is 13.6. The third-order valence-corrected chi connectivity index (χ3v) is 7.24. The van der Waals surface area contributed by atoms with E-state index in [1.165, 1.54) is 12.1 Å². The van der Waals surface area contributed by atoms with Crippen LogP contribution in [0.4, 0.5) is 5.69 Å². The molecule has 4 rings (SSSR count). The molecule has 4 aromatic carbocycles. The molecule has 38 heavy (non-hydrogen) atoms. The number of sulfonamides is 1. The number of para-hydroxylation sites is 3. The molecular formula is C30H30N2O5S. The highest BCUT2D eigenvalue weighted by Crippen LogP contribution is 2.29. The number of ether oxygens (including phenoxy) is 2. The summed E-state index contributed by atoms with van der Waals surface area (Å²) in [5, 5.41) is 2.85. The first-order valence-electron chi connectivity index (χ1n) is 12.3. The van der Waals surface area contributed by atoms with Crippen LogP contribution < -0.4 is 19.5 Å². The fourth-order valence-electron chi connectivity index (χ4n) is 3.89. The van der Waals surface area contributed by atoms with Gasteiger partial charge in [-0.1, -0.05) is 60.7 Å². The van der Waals surface area contributed by atoms with Gasteiger partial charge in [0.1, 0.15) is 17.5 Å². The maximum Gasteiger partial charge on any atom is 0.243 e. The number of carbonyl (C=O) groups excluding carboxylic acids is 1. The lowest BCUT2D eigenvalue weighted by Gasteiger charge is -2.20. The molecule has 0 fully saturated rings. The summed E-state index contributed by atoms with van der Waals surface area (Å²) in [6, 6.07) is 29.0. The highest BCUT2D eigenvalue weighted by atomic mass is 32.2.